The molecular formula is C13H9FN2O. The summed E-state index contributed by atoms with van der Waals surface area (Å²) in [7, 11) is 0. The lowest BCUT2D eigenvalue weighted by Gasteiger charge is -2.00. The van der Waals surface area contributed by atoms with E-state index < -0.39 is 0 Å². The molecule has 3 nitrogen and oxygen atoms in total. The van der Waals surface area contributed by atoms with Gasteiger partial charge in [-0.05, 0) is 29.8 Å². The molecule has 0 atom stereocenters. The highest BCUT2D eigenvalue weighted by atomic mass is 19.1. The normalized spacial score (nSPS) is 11.2. The molecule has 0 radical (unpaired) electrons. The second-order valence-electron chi connectivity index (χ2n) is 3.36. The number of aromatic nitrogens is 2. The number of benzene rings is 1. The standard InChI is InChI=1S/C13H9FN2O/c14-12-3-1-10(2-4-12)11(8-17)7-13-5-6-15-9-16-13/h1-9H. The second kappa shape index (κ2) is 5.12. The molecule has 1 aromatic heterocycles. The van der Waals surface area contributed by atoms with Gasteiger partial charge < -0.3 is 0 Å². The Bertz CT molecular complexity index is 535. The van der Waals surface area contributed by atoms with Crippen molar-refractivity contribution < 1.29 is 9.18 Å². The summed E-state index contributed by atoms with van der Waals surface area (Å²) in [5, 5.41) is 0. The maximum Gasteiger partial charge on any atom is 0.150 e. The van der Waals surface area contributed by atoms with Crippen LogP contribution in [0.5, 0.6) is 0 Å². The number of hydrogen-bond acceptors (Lipinski definition) is 3. The van der Waals surface area contributed by atoms with Gasteiger partial charge in [-0.1, -0.05) is 12.1 Å². The van der Waals surface area contributed by atoms with Crippen molar-refractivity contribution in [2.75, 3.05) is 0 Å². The van der Waals surface area contributed by atoms with Crippen LogP contribution in [0.2, 0.25) is 0 Å². The first-order chi connectivity index (χ1) is 8.29. The van der Waals surface area contributed by atoms with Crippen molar-refractivity contribution in [2.45, 2.75) is 0 Å². The lowest BCUT2D eigenvalue weighted by molar-refractivity contribution is -0.103. The third-order valence-corrected chi connectivity index (χ3v) is 2.21. The highest BCUT2D eigenvalue weighted by molar-refractivity contribution is 6.13. The molecule has 1 heterocycles. The van der Waals surface area contributed by atoms with Gasteiger partial charge >= 0.3 is 0 Å². The Kier molecular flexibility index (Phi) is 3.35. The Labute approximate surface area is 97.7 Å². The van der Waals surface area contributed by atoms with Gasteiger partial charge in [0.05, 0.1) is 5.69 Å². The minimum Gasteiger partial charge on any atom is -0.298 e. The van der Waals surface area contributed by atoms with E-state index in [0.29, 0.717) is 16.8 Å². The predicted molar refractivity (Wildman–Crippen MR) is 62.4 cm³/mol. The Morgan fingerprint density at radius 2 is 1.94 bits per heavy atom. The first-order valence-electron chi connectivity index (χ1n) is 4.98. The molecular weight excluding hydrogens is 219 g/mol. The van der Waals surface area contributed by atoms with Crippen molar-refractivity contribution in [3.63, 3.8) is 0 Å². The van der Waals surface area contributed by atoms with Crippen molar-refractivity contribution in [3.05, 3.63) is 59.9 Å². The number of carbonyl (C=O) groups is 1. The summed E-state index contributed by atoms with van der Waals surface area (Å²) in [4.78, 5) is 18.8. The summed E-state index contributed by atoms with van der Waals surface area (Å²) in [6, 6.07) is 7.42. The number of aldehydes is 1. The molecule has 2 aromatic rings. The molecule has 1 aromatic carbocycles. The zero-order valence-electron chi connectivity index (χ0n) is 8.88. The van der Waals surface area contributed by atoms with Crippen LogP contribution in [0.25, 0.3) is 11.6 Å². The SMILES string of the molecule is O=CC(=Cc1ccncn1)c1ccc(F)cc1. The van der Waals surface area contributed by atoms with Crippen molar-refractivity contribution in [1.82, 2.24) is 9.97 Å². The summed E-state index contributed by atoms with van der Waals surface area (Å²) in [6.45, 7) is 0. The van der Waals surface area contributed by atoms with Gasteiger partial charge in [0.15, 0.2) is 6.29 Å². The average molecular weight is 228 g/mol. The minimum atomic E-state index is -0.332. The van der Waals surface area contributed by atoms with Crippen molar-refractivity contribution in [2.24, 2.45) is 0 Å². The number of nitrogens with zero attached hydrogens (tertiary/aromatic N) is 2. The zero-order valence-corrected chi connectivity index (χ0v) is 8.88. The predicted octanol–water partition coefficient (Wildman–Crippen LogP) is 2.36. The second-order valence-corrected chi connectivity index (χ2v) is 3.36. The van der Waals surface area contributed by atoms with Crippen LogP contribution >= 0.6 is 0 Å². The molecule has 0 N–H and O–H groups in total. The fourth-order valence-electron chi connectivity index (χ4n) is 1.37. The fourth-order valence-corrected chi connectivity index (χ4v) is 1.37. The third-order valence-electron chi connectivity index (χ3n) is 2.21. The van der Waals surface area contributed by atoms with Crippen LogP contribution in [0.3, 0.4) is 0 Å². The van der Waals surface area contributed by atoms with Gasteiger partial charge in [0.25, 0.3) is 0 Å². The largest absolute Gasteiger partial charge is 0.298 e. The van der Waals surface area contributed by atoms with Crippen molar-refractivity contribution >= 4 is 17.9 Å². The van der Waals surface area contributed by atoms with Gasteiger partial charge in [0.2, 0.25) is 0 Å². The average Bonchev–Trinajstić information content (AvgIpc) is 2.38. The molecule has 0 saturated heterocycles. The van der Waals surface area contributed by atoms with Crippen molar-refractivity contribution in [3.8, 4) is 0 Å². The van der Waals surface area contributed by atoms with E-state index in [2.05, 4.69) is 9.97 Å². The quantitative estimate of drug-likeness (QED) is 0.598. The summed E-state index contributed by atoms with van der Waals surface area (Å²) in [6.07, 6.45) is 5.34. The molecule has 2 rings (SSSR count). The number of allylic oxidation sites excluding steroid dienone is 1. The van der Waals surface area contributed by atoms with Gasteiger partial charge in [0.1, 0.15) is 12.1 Å². The number of hydrogen-bond donors (Lipinski definition) is 0. The lowest BCUT2D eigenvalue weighted by atomic mass is 10.1. The van der Waals surface area contributed by atoms with Gasteiger partial charge in [-0.25, -0.2) is 14.4 Å². The Morgan fingerprint density at radius 3 is 2.53 bits per heavy atom. The van der Waals surface area contributed by atoms with E-state index in [1.807, 2.05) is 0 Å². The van der Waals surface area contributed by atoms with Gasteiger partial charge in [-0.15, -0.1) is 0 Å². The van der Waals surface area contributed by atoms with Crippen LogP contribution < -0.4 is 0 Å². The van der Waals surface area contributed by atoms with Crippen LogP contribution in [-0.2, 0) is 4.79 Å². The molecule has 0 fully saturated rings. The van der Waals surface area contributed by atoms with E-state index in [4.69, 9.17) is 0 Å². The third kappa shape index (κ3) is 2.81. The van der Waals surface area contributed by atoms with E-state index >= 15 is 0 Å². The van der Waals surface area contributed by atoms with Crippen LogP contribution in [0.15, 0.2) is 42.9 Å². The molecule has 0 aliphatic rings. The van der Waals surface area contributed by atoms with Crippen LogP contribution in [0.4, 0.5) is 4.39 Å². The number of rotatable bonds is 3. The maximum absolute atomic E-state index is 12.8. The number of halogens is 1. The van der Waals surface area contributed by atoms with Gasteiger partial charge in [-0.2, -0.15) is 0 Å². The molecule has 0 aliphatic carbocycles. The highest BCUT2D eigenvalue weighted by Gasteiger charge is 2.01. The minimum absolute atomic E-state index is 0.332. The van der Waals surface area contributed by atoms with Crippen LogP contribution in [0, 0.1) is 5.82 Å². The topological polar surface area (TPSA) is 42.9 Å². The molecule has 84 valence electrons. The van der Waals surface area contributed by atoms with Crippen molar-refractivity contribution in [1.29, 1.82) is 0 Å². The Hall–Kier alpha value is -2.36. The molecule has 0 saturated carbocycles. The highest BCUT2D eigenvalue weighted by Crippen LogP contribution is 2.15. The van der Waals surface area contributed by atoms with E-state index in [1.54, 1.807) is 30.5 Å². The maximum atomic E-state index is 12.8. The lowest BCUT2D eigenvalue weighted by Crippen LogP contribution is -1.88. The first kappa shape index (κ1) is 11.1. The van der Waals surface area contributed by atoms with E-state index in [-0.39, 0.29) is 5.82 Å². The molecule has 0 amide bonds. The monoisotopic (exact) mass is 228 g/mol. The van der Waals surface area contributed by atoms with Crippen LogP contribution in [0.1, 0.15) is 11.3 Å². The van der Waals surface area contributed by atoms with Gasteiger partial charge in [0, 0.05) is 11.8 Å². The Morgan fingerprint density at radius 1 is 1.18 bits per heavy atom. The van der Waals surface area contributed by atoms with E-state index in [0.717, 1.165) is 6.29 Å². The molecule has 4 heteroatoms. The molecule has 0 spiro atoms. The summed E-state index contributed by atoms with van der Waals surface area (Å²) < 4.78 is 12.8. The summed E-state index contributed by atoms with van der Waals surface area (Å²) in [5.41, 5.74) is 1.73. The number of carbonyl (C=O) groups excluding carboxylic acids is 1. The molecule has 0 aliphatic heterocycles. The Balaban J connectivity index is 2.37. The van der Waals surface area contributed by atoms with E-state index in [9.17, 15) is 9.18 Å². The zero-order chi connectivity index (χ0) is 12.1. The van der Waals surface area contributed by atoms with Gasteiger partial charge in [-0.3, -0.25) is 4.79 Å². The molecule has 0 bridgehead atoms. The molecule has 17 heavy (non-hydrogen) atoms. The smallest absolute Gasteiger partial charge is 0.150 e. The fraction of sp³-hybridized carbons (Fsp3) is 0. The van der Waals surface area contributed by atoms with E-state index in [1.165, 1.54) is 18.5 Å². The summed E-state index contributed by atoms with van der Waals surface area (Å²) >= 11 is 0. The first-order valence-corrected chi connectivity index (χ1v) is 4.98. The van der Waals surface area contributed by atoms with Crippen LogP contribution in [-0.4, -0.2) is 16.3 Å². The summed E-state index contributed by atoms with van der Waals surface area (Å²) in [5.74, 6) is -0.332. The molecule has 0 unspecified atom stereocenters.